The number of nitrogens with one attached hydrogen (secondary N) is 1. The number of hydrazone groups is 1. The first-order valence-electron chi connectivity index (χ1n) is 4.50. The van der Waals surface area contributed by atoms with Crippen molar-refractivity contribution in [1.82, 2.24) is 10.2 Å². The maximum absolute atomic E-state index is 10.2. The van der Waals surface area contributed by atoms with Gasteiger partial charge < -0.3 is 15.0 Å². The number of fused-ring (bicyclic) bond motifs is 1. The summed E-state index contributed by atoms with van der Waals surface area (Å²) in [5, 5.41) is 15.7. The van der Waals surface area contributed by atoms with Gasteiger partial charge in [0.05, 0.1) is 0 Å². The fraction of sp³-hybridized carbons (Fsp3) is 0.857. The second-order valence-electron chi connectivity index (χ2n) is 3.46. The number of rotatable bonds is 1. The molecule has 0 amide bonds. The largest absolute Gasteiger partial charge is 0.358 e. The minimum absolute atomic E-state index is 0.0602. The molecular formula is C7H12N4O3. The fourth-order valence-corrected chi connectivity index (χ4v) is 1.90. The summed E-state index contributed by atoms with van der Waals surface area (Å²) >= 11 is 0. The van der Waals surface area contributed by atoms with Crippen LogP contribution in [0.2, 0.25) is 0 Å². The SMILES string of the molecule is CN1/C(=N/[N+](=O)[O-])NC[C@@H]2CCO[C@@H]21. The molecule has 0 unspecified atom stereocenters. The average Bonchev–Trinajstić information content (AvgIpc) is 2.57. The van der Waals surface area contributed by atoms with Crippen LogP contribution in [0, 0.1) is 16.0 Å². The predicted octanol–water partition coefficient (Wildman–Crippen LogP) is -0.568. The molecule has 78 valence electrons. The summed E-state index contributed by atoms with van der Waals surface area (Å²) in [5.74, 6) is 0.684. The monoisotopic (exact) mass is 200 g/mol. The van der Waals surface area contributed by atoms with Crippen molar-refractivity contribution in [1.29, 1.82) is 0 Å². The Morgan fingerprint density at radius 1 is 1.79 bits per heavy atom. The Kier molecular flexibility index (Phi) is 2.24. The quantitative estimate of drug-likeness (QED) is 0.453. The molecule has 1 N–H and O–H groups in total. The van der Waals surface area contributed by atoms with E-state index in [9.17, 15) is 10.1 Å². The molecule has 7 nitrogen and oxygen atoms in total. The van der Waals surface area contributed by atoms with E-state index in [-0.39, 0.29) is 12.2 Å². The van der Waals surface area contributed by atoms with Crippen molar-refractivity contribution in [2.45, 2.75) is 12.6 Å². The Hall–Kier alpha value is -1.37. The second kappa shape index (κ2) is 3.41. The first kappa shape index (κ1) is 9.20. The maximum Gasteiger partial charge on any atom is 0.273 e. The van der Waals surface area contributed by atoms with Crippen LogP contribution >= 0.6 is 0 Å². The first-order chi connectivity index (χ1) is 6.68. The van der Waals surface area contributed by atoms with Gasteiger partial charge in [0.2, 0.25) is 0 Å². The van der Waals surface area contributed by atoms with Gasteiger partial charge >= 0.3 is 0 Å². The molecular weight excluding hydrogens is 188 g/mol. The smallest absolute Gasteiger partial charge is 0.273 e. The van der Waals surface area contributed by atoms with Crippen LogP contribution in [0.25, 0.3) is 0 Å². The summed E-state index contributed by atoms with van der Waals surface area (Å²) in [6.07, 6.45) is 0.934. The minimum Gasteiger partial charge on any atom is -0.358 e. The van der Waals surface area contributed by atoms with Crippen molar-refractivity contribution in [2.75, 3.05) is 20.2 Å². The zero-order valence-electron chi connectivity index (χ0n) is 7.84. The lowest BCUT2D eigenvalue weighted by Crippen LogP contribution is -2.55. The zero-order valence-corrected chi connectivity index (χ0v) is 7.84. The van der Waals surface area contributed by atoms with Gasteiger partial charge in [0.25, 0.3) is 5.96 Å². The molecule has 14 heavy (non-hydrogen) atoms. The van der Waals surface area contributed by atoms with Crippen LogP contribution in [0.4, 0.5) is 0 Å². The summed E-state index contributed by atoms with van der Waals surface area (Å²) in [6, 6.07) is 0. The van der Waals surface area contributed by atoms with E-state index in [1.807, 2.05) is 0 Å². The van der Waals surface area contributed by atoms with E-state index >= 15 is 0 Å². The summed E-state index contributed by atoms with van der Waals surface area (Å²) in [5.41, 5.74) is 0. The van der Waals surface area contributed by atoms with Gasteiger partial charge in [0.15, 0.2) is 5.03 Å². The Morgan fingerprint density at radius 2 is 2.57 bits per heavy atom. The van der Waals surface area contributed by atoms with Gasteiger partial charge in [-0.3, -0.25) is 0 Å². The third-order valence-electron chi connectivity index (χ3n) is 2.60. The Labute approximate surface area is 80.9 Å². The van der Waals surface area contributed by atoms with Gasteiger partial charge in [-0.2, -0.15) is 0 Å². The summed E-state index contributed by atoms with van der Waals surface area (Å²) < 4.78 is 5.46. The highest BCUT2D eigenvalue weighted by atomic mass is 16.7. The predicted molar refractivity (Wildman–Crippen MR) is 48.0 cm³/mol. The molecule has 7 heteroatoms. The van der Waals surface area contributed by atoms with E-state index < -0.39 is 5.03 Å². The molecule has 2 heterocycles. The molecule has 2 aliphatic heterocycles. The van der Waals surface area contributed by atoms with Gasteiger partial charge in [-0.15, -0.1) is 0 Å². The molecule has 2 saturated heterocycles. The van der Waals surface area contributed by atoms with Gasteiger partial charge in [0, 0.05) is 26.1 Å². The molecule has 2 aliphatic rings. The standard InChI is InChI=1S/C7H12N4O3/c1-10-6-5(2-3-14-6)4-8-7(10)9-11(12)13/h5-6H,2-4H2,1H3,(H,8,9)/t5-,6-/m0/s1. The summed E-state index contributed by atoms with van der Waals surface area (Å²) in [7, 11) is 1.75. The van der Waals surface area contributed by atoms with E-state index in [2.05, 4.69) is 10.4 Å². The molecule has 2 fully saturated rings. The van der Waals surface area contributed by atoms with E-state index in [1.165, 1.54) is 0 Å². The van der Waals surface area contributed by atoms with Crippen LogP contribution in [-0.2, 0) is 4.74 Å². The Balaban J connectivity index is 2.13. The third-order valence-corrected chi connectivity index (χ3v) is 2.60. The van der Waals surface area contributed by atoms with Gasteiger partial charge in [0.1, 0.15) is 11.3 Å². The van der Waals surface area contributed by atoms with Crippen molar-refractivity contribution in [2.24, 2.45) is 11.0 Å². The number of nitro groups is 1. The molecule has 0 aromatic rings. The molecule has 2 atom stereocenters. The van der Waals surface area contributed by atoms with Crippen LogP contribution in [0.15, 0.2) is 5.10 Å². The average molecular weight is 200 g/mol. The highest BCUT2D eigenvalue weighted by Crippen LogP contribution is 2.25. The summed E-state index contributed by atoms with van der Waals surface area (Å²) in [6.45, 7) is 1.41. The van der Waals surface area contributed by atoms with Gasteiger partial charge in [-0.25, -0.2) is 10.1 Å². The van der Waals surface area contributed by atoms with E-state index in [0.29, 0.717) is 19.1 Å². The van der Waals surface area contributed by atoms with Crippen LogP contribution < -0.4 is 5.32 Å². The molecule has 0 radical (unpaired) electrons. The van der Waals surface area contributed by atoms with Crippen molar-refractivity contribution in [3.8, 4) is 0 Å². The van der Waals surface area contributed by atoms with Crippen molar-refractivity contribution >= 4 is 5.96 Å². The second-order valence-corrected chi connectivity index (χ2v) is 3.46. The fourth-order valence-electron chi connectivity index (χ4n) is 1.90. The van der Waals surface area contributed by atoms with E-state index in [0.717, 1.165) is 6.42 Å². The molecule has 2 rings (SSSR count). The van der Waals surface area contributed by atoms with E-state index in [4.69, 9.17) is 4.74 Å². The zero-order chi connectivity index (χ0) is 10.1. The van der Waals surface area contributed by atoms with Crippen LogP contribution in [0.1, 0.15) is 6.42 Å². The topological polar surface area (TPSA) is 80.0 Å². The lowest BCUT2D eigenvalue weighted by molar-refractivity contribution is -0.486. The van der Waals surface area contributed by atoms with Crippen LogP contribution in [0.3, 0.4) is 0 Å². The van der Waals surface area contributed by atoms with Crippen molar-refractivity contribution in [3.05, 3.63) is 10.1 Å². The Bertz CT molecular complexity index is 280. The third kappa shape index (κ3) is 1.50. The van der Waals surface area contributed by atoms with E-state index in [1.54, 1.807) is 11.9 Å². The molecule has 0 bridgehead atoms. The van der Waals surface area contributed by atoms with Crippen molar-refractivity contribution in [3.63, 3.8) is 0 Å². The van der Waals surface area contributed by atoms with Crippen LogP contribution in [-0.4, -0.2) is 42.3 Å². The number of ether oxygens (including phenoxy) is 1. The maximum atomic E-state index is 10.2. The summed E-state index contributed by atoms with van der Waals surface area (Å²) in [4.78, 5) is 11.9. The lowest BCUT2D eigenvalue weighted by Gasteiger charge is -2.34. The molecule has 0 spiro atoms. The molecule has 0 aromatic heterocycles. The molecule has 0 saturated carbocycles. The minimum atomic E-state index is -0.700. The lowest BCUT2D eigenvalue weighted by atomic mass is 10.0. The van der Waals surface area contributed by atoms with Crippen molar-refractivity contribution < 1.29 is 9.77 Å². The Morgan fingerprint density at radius 3 is 3.29 bits per heavy atom. The highest BCUT2D eigenvalue weighted by molar-refractivity contribution is 5.80. The highest BCUT2D eigenvalue weighted by Gasteiger charge is 2.38. The van der Waals surface area contributed by atoms with Gasteiger partial charge in [-0.05, 0) is 6.42 Å². The first-order valence-corrected chi connectivity index (χ1v) is 4.50. The normalized spacial score (nSPS) is 34.1. The molecule has 0 aliphatic carbocycles. The number of hydrogen-bond acceptors (Lipinski definition) is 3. The van der Waals surface area contributed by atoms with Gasteiger partial charge in [-0.1, -0.05) is 0 Å². The number of hydrogen-bond donors (Lipinski definition) is 1. The number of nitrogens with zero attached hydrogens (tertiary/aromatic N) is 3. The van der Waals surface area contributed by atoms with Crippen LogP contribution in [0.5, 0.6) is 0 Å². The number of guanidine groups is 1. The molecule has 0 aromatic carbocycles.